The van der Waals surface area contributed by atoms with Gasteiger partial charge in [0.15, 0.2) is 5.11 Å². The van der Waals surface area contributed by atoms with Gasteiger partial charge in [0.25, 0.3) is 0 Å². The molecule has 0 spiro atoms. The summed E-state index contributed by atoms with van der Waals surface area (Å²) >= 11 is 5.79. The van der Waals surface area contributed by atoms with Gasteiger partial charge in [-0.3, -0.25) is 4.98 Å². The van der Waals surface area contributed by atoms with Gasteiger partial charge in [-0.25, -0.2) is 0 Å². The molecule has 4 nitrogen and oxygen atoms in total. The van der Waals surface area contributed by atoms with Crippen molar-refractivity contribution in [1.29, 1.82) is 0 Å². The molecular weight excluding hydrogens is 328 g/mol. The van der Waals surface area contributed by atoms with Gasteiger partial charge in [-0.05, 0) is 60.6 Å². The first kappa shape index (κ1) is 15.8. The number of aryl methyl sites for hydroxylation is 1. The summed E-state index contributed by atoms with van der Waals surface area (Å²) < 4.78 is 2.30. The molecule has 0 aliphatic carbocycles. The van der Waals surface area contributed by atoms with Crippen LogP contribution in [-0.4, -0.2) is 26.1 Å². The highest BCUT2D eigenvalue weighted by Gasteiger charge is 2.30. The molecule has 3 heterocycles. The second-order valence-corrected chi connectivity index (χ2v) is 6.63. The van der Waals surface area contributed by atoms with Crippen LogP contribution in [0.5, 0.6) is 0 Å². The van der Waals surface area contributed by atoms with Crippen LogP contribution in [0.15, 0.2) is 67.1 Å². The third-order valence-electron chi connectivity index (χ3n) is 4.71. The van der Waals surface area contributed by atoms with Crippen molar-refractivity contribution in [2.45, 2.75) is 19.5 Å². The van der Waals surface area contributed by atoms with Crippen LogP contribution >= 0.6 is 12.2 Å². The Labute approximate surface area is 153 Å². The summed E-state index contributed by atoms with van der Waals surface area (Å²) in [4.78, 5) is 6.43. The summed E-state index contributed by atoms with van der Waals surface area (Å²) in [5.41, 5.74) is 4.70. The van der Waals surface area contributed by atoms with E-state index in [-0.39, 0.29) is 6.04 Å². The number of pyridine rings is 1. The molecule has 25 heavy (non-hydrogen) atoms. The maximum absolute atomic E-state index is 5.79. The normalized spacial score (nSPS) is 16.4. The van der Waals surface area contributed by atoms with E-state index in [0.29, 0.717) is 0 Å². The molecule has 1 N–H and O–H groups in total. The molecule has 1 aliphatic heterocycles. The minimum atomic E-state index is 0.0933. The third-order valence-corrected chi connectivity index (χ3v) is 5.04. The largest absolute Gasteiger partial charge is 0.348 e. The van der Waals surface area contributed by atoms with E-state index < -0.39 is 0 Å². The number of anilines is 1. The fourth-order valence-corrected chi connectivity index (χ4v) is 3.71. The quantitative estimate of drug-likeness (QED) is 0.710. The summed E-state index contributed by atoms with van der Waals surface area (Å²) in [5.74, 6) is 0. The molecule has 0 bridgehead atoms. The number of para-hydroxylation sites is 1. The molecule has 2 aromatic heterocycles. The Morgan fingerprint density at radius 2 is 1.88 bits per heavy atom. The molecule has 1 unspecified atom stereocenters. The van der Waals surface area contributed by atoms with Crippen molar-refractivity contribution in [3.63, 3.8) is 0 Å². The van der Waals surface area contributed by atoms with Gasteiger partial charge in [0.2, 0.25) is 0 Å². The van der Waals surface area contributed by atoms with Gasteiger partial charge in [-0.1, -0.05) is 18.2 Å². The highest BCUT2D eigenvalue weighted by Crippen LogP contribution is 2.32. The molecule has 0 fully saturated rings. The van der Waals surface area contributed by atoms with Gasteiger partial charge < -0.3 is 14.8 Å². The highest BCUT2D eigenvalue weighted by atomic mass is 32.1. The summed E-state index contributed by atoms with van der Waals surface area (Å²) in [6.07, 6.45) is 5.82. The summed E-state index contributed by atoms with van der Waals surface area (Å²) in [6.45, 7) is 3.89. The van der Waals surface area contributed by atoms with Gasteiger partial charge in [-0.15, -0.1) is 0 Å². The third kappa shape index (κ3) is 3.03. The second kappa shape index (κ2) is 6.69. The Hall–Kier alpha value is -2.66. The Bertz CT molecular complexity index is 887. The first-order valence-corrected chi connectivity index (χ1v) is 8.83. The van der Waals surface area contributed by atoms with Crippen molar-refractivity contribution in [2.75, 3.05) is 11.9 Å². The predicted octanol–water partition coefficient (Wildman–Crippen LogP) is 3.99. The zero-order valence-corrected chi connectivity index (χ0v) is 14.9. The van der Waals surface area contributed by atoms with E-state index >= 15 is 0 Å². The second-order valence-electron chi connectivity index (χ2n) is 6.25. The summed E-state index contributed by atoms with van der Waals surface area (Å²) in [6, 6.07) is 16.7. The number of aromatic nitrogens is 2. The fraction of sp³-hybridized carbons (Fsp3) is 0.200. The lowest BCUT2D eigenvalue weighted by molar-refractivity contribution is 0.293. The van der Waals surface area contributed by atoms with Crippen molar-refractivity contribution in [3.8, 4) is 0 Å². The number of hydrogen-bond donors (Lipinski definition) is 1. The molecule has 126 valence electrons. The number of rotatable bonds is 2. The average Bonchev–Trinajstić information content (AvgIpc) is 3.12. The average molecular weight is 348 g/mol. The smallest absolute Gasteiger partial charge is 0.174 e. The number of fused-ring (bicyclic) bond motifs is 1. The topological polar surface area (TPSA) is 33.1 Å². The number of benzene rings is 1. The van der Waals surface area contributed by atoms with E-state index in [1.165, 1.54) is 16.8 Å². The minimum absolute atomic E-state index is 0.0933. The Morgan fingerprint density at radius 3 is 2.68 bits per heavy atom. The molecule has 4 rings (SSSR count). The number of thiocarbonyl (C=S) groups is 1. The first-order chi connectivity index (χ1) is 12.2. The van der Waals surface area contributed by atoms with Crippen LogP contribution in [0.1, 0.15) is 22.9 Å². The van der Waals surface area contributed by atoms with Crippen LogP contribution in [-0.2, 0) is 6.54 Å². The van der Waals surface area contributed by atoms with Gasteiger partial charge >= 0.3 is 0 Å². The van der Waals surface area contributed by atoms with E-state index in [1.54, 1.807) is 0 Å². The summed E-state index contributed by atoms with van der Waals surface area (Å²) in [5, 5.41) is 4.19. The minimum Gasteiger partial charge on any atom is -0.348 e. The molecule has 5 heteroatoms. The van der Waals surface area contributed by atoms with Crippen LogP contribution in [0.3, 0.4) is 0 Å². The Kier molecular flexibility index (Phi) is 4.24. The van der Waals surface area contributed by atoms with Gasteiger partial charge in [0.1, 0.15) is 0 Å². The number of nitrogens with one attached hydrogen (secondary N) is 1. The molecule has 0 saturated heterocycles. The van der Waals surface area contributed by atoms with Gasteiger partial charge in [0.05, 0.1) is 6.04 Å². The van der Waals surface area contributed by atoms with E-state index in [2.05, 4.69) is 69.3 Å². The van der Waals surface area contributed by atoms with Crippen LogP contribution in [0.2, 0.25) is 0 Å². The van der Waals surface area contributed by atoms with Gasteiger partial charge in [0, 0.05) is 43.1 Å². The molecule has 3 aromatic rings. The Balaban J connectivity index is 1.68. The maximum atomic E-state index is 5.79. The van der Waals surface area contributed by atoms with E-state index in [9.17, 15) is 0 Å². The van der Waals surface area contributed by atoms with Crippen LogP contribution in [0.4, 0.5) is 5.69 Å². The zero-order chi connectivity index (χ0) is 17.2. The van der Waals surface area contributed by atoms with Crippen LogP contribution in [0.25, 0.3) is 0 Å². The highest BCUT2D eigenvalue weighted by molar-refractivity contribution is 7.80. The van der Waals surface area contributed by atoms with Crippen LogP contribution < -0.4 is 5.32 Å². The van der Waals surface area contributed by atoms with Gasteiger partial charge in [-0.2, -0.15) is 0 Å². The summed E-state index contributed by atoms with van der Waals surface area (Å²) in [7, 11) is 0. The lowest BCUT2D eigenvalue weighted by Gasteiger charge is -2.39. The molecular formula is C20H20N4S. The molecule has 0 amide bonds. The number of hydrogen-bond acceptors (Lipinski definition) is 2. The Morgan fingerprint density at radius 1 is 1.08 bits per heavy atom. The zero-order valence-electron chi connectivity index (χ0n) is 14.1. The maximum Gasteiger partial charge on any atom is 0.174 e. The van der Waals surface area contributed by atoms with Crippen LogP contribution in [0, 0.1) is 6.92 Å². The lowest BCUT2D eigenvalue weighted by atomic mass is 10.0. The monoisotopic (exact) mass is 348 g/mol. The first-order valence-electron chi connectivity index (χ1n) is 8.42. The molecule has 1 aliphatic rings. The molecule has 1 atom stereocenters. The van der Waals surface area contributed by atoms with E-state index in [4.69, 9.17) is 12.2 Å². The molecule has 0 saturated carbocycles. The van der Waals surface area contributed by atoms with E-state index in [1.807, 2.05) is 24.5 Å². The SMILES string of the molecule is Cc1ccccc1NC(=S)N1CCn2cccc2C1c1ccncc1. The molecule has 1 aromatic carbocycles. The standard InChI is InChI=1S/C20H20N4S/c1-15-5-2-3-6-17(15)22-20(25)24-14-13-23-12-4-7-18(23)19(24)16-8-10-21-11-9-16/h2-12,19H,13-14H2,1H3,(H,22,25). The van der Waals surface area contributed by atoms with Crippen molar-refractivity contribution in [3.05, 3.63) is 83.9 Å². The number of nitrogens with zero attached hydrogens (tertiary/aromatic N) is 3. The fourth-order valence-electron chi connectivity index (χ4n) is 3.40. The predicted molar refractivity (Wildman–Crippen MR) is 105 cm³/mol. The lowest BCUT2D eigenvalue weighted by Crippen LogP contribution is -2.44. The van der Waals surface area contributed by atoms with Crippen molar-refractivity contribution in [1.82, 2.24) is 14.5 Å². The van der Waals surface area contributed by atoms with Crippen molar-refractivity contribution >= 4 is 23.0 Å². The molecule has 0 radical (unpaired) electrons. The van der Waals surface area contributed by atoms with Crippen molar-refractivity contribution in [2.24, 2.45) is 0 Å². The van der Waals surface area contributed by atoms with E-state index in [0.717, 1.165) is 23.9 Å². The van der Waals surface area contributed by atoms with Crippen molar-refractivity contribution < 1.29 is 0 Å².